The van der Waals surface area contributed by atoms with Crippen molar-refractivity contribution in [3.05, 3.63) is 29.8 Å². The number of nitrogens with one attached hydrogen (secondary N) is 1. The number of thioether (sulfide) groups is 1. The number of rotatable bonds is 7. The molecule has 1 aliphatic carbocycles. The van der Waals surface area contributed by atoms with Gasteiger partial charge >= 0.3 is 0 Å². The summed E-state index contributed by atoms with van der Waals surface area (Å²) in [5, 5.41) is 3.01. The Bertz CT molecular complexity index is 442. The van der Waals surface area contributed by atoms with Gasteiger partial charge in [-0.25, -0.2) is 0 Å². The molecule has 1 aromatic rings. The van der Waals surface area contributed by atoms with E-state index in [1.54, 1.807) is 11.8 Å². The number of hydrogen-bond acceptors (Lipinski definition) is 3. The number of hydrogen-bond donors (Lipinski definition) is 1. The largest absolute Gasteiger partial charge is 0.368 e. The average molecular weight is 293 g/mol. The van der Waals surface area contributed by atoms with Crippen molar-refractivity contribution in [1.82, 2.24) is 5.32 Å². The molecule has 2 atom stereocenters. The van der Waals surface area contributed by atoms with E-state index >= 15 is 0 Å². The third-order valence-corrected chi connectivity index (χ3v) is 4.37. The highest BCUT2D eigenvalue weighted by atomic mass is 32.2. The second-order valence-corrected chi connectivity index (χ2v) is 6.30. The van der Waals surface area contributed by atoms with Crippen LogP contribution in [0.2, 0.25) is 0 Å². The highest BCUT2D eigenvalue weighted by molar-refractivity contribution is 7.98. The molecule has 0 saturated heterocycles. The van der Waals surface area contributed by atoms with E-state index in [1.165, 1.54) is 17.7 Å². The minimum Gasteiger partial charge on any atom is -0.368 e. The number of benzene rings is 1. The molecule has 0 aromatic heterocycles. The fraction of sp³-hybridized carbons (Fsp3) is 0.562. The van der Waals surface area contributed by atoms with E-state index < -0.39 is 0 Å². The Morgan fingerprint density at radius 3 is 2.55 bits per heavy atom. The Hall–Kier alpha value is -1.00. The van der Waals surface area contributed by atoms with Crippen molar-refractivity contribution in [2.75, 3.05) is 12.9 Å². The smallest absolute Gasteiger partial charge is 0.249 e. The Balaban J connectivity index is 1.81. The van der Waals surface area contributed by atoms with Crippen molar-refractivity contribution in [3.8, 4) is 0 Å². The highest BCUT2D eigenvalue weighted by Crippen LogP contribution is 2.29. The molecule has 0 unspecified atom stereocenters. The van der Waals surface area contributed by atoms with Gasteiger partial charge in [0.05, 0.1) is 12.6 Å². The molecular formula is C16H23NO2S. The molecule has 1 amide bonds. The molecule has 1 N–H and O–H groups in total. The summed E-state index contributed by atoms with van der Waals surface area (Å²) in [4.78, 5) is 13.3. The molecule has 1 fully saturated rings. The van der Waals surface area contributed by atoms with Gasteiger partial charge in [0.25, 0.3) is 0 Å². The quantitative estimate of drug-likeness (QED) is 0.783. The molecule has 1 aromatic carbocycles. The van der Waals surface area contributed by atoms with Crippen LogP contribution in [-0.2, 0) is 9.53 Å². The Kier molecular flexibility index (Phi) is 5.49. The monoisotopic (exact) mass is 293 g/mol. The molecule has 0 bridgehead atoms. The summed E-state index contributed by atoms with van der Waals surface area (Å²) in [6, 6.07) is 8.29. The molecule has 1 aliphatic rings. The van der Waals surface area contributed by atoms with Crippen LogP contribution in [0.4, 0.5) is 0 Å². The van der Waals surface area contributed by atoms with Crippen molar-refractivity contribution in [2.24, 2.45) is 5.92 Å². The van der Waals surface area contributed by atoms with E-state index in [0.717, 1.165) is 5.56 Å². The summed E-state index contributed by atoms with van der Waals surface area (Å²) >= 11 is 1.72. The van der Waals surface area contributed by atoms with Crippen molar-refractivity contribution in [2.45, 2.75) is 43.7 Å². The Morgan fingerprint density at radius 2 is 2.00 bits per heavy atom. The molecule has 1 saturated carbocycles. The molecule has 0 heterocycles. The molecule has 0 radical (unpaired) electrons. The normalized spacial score (nSPS) is 17.6. The van der Waals surface area contributed by atoms with E-state index in [0.29, 0.717) is 12.5 Å². The van der Waals surface area contributed by atoms with Gasteiger partial charge in [-0.1, -0.05) is 12.1 Å². The van der Waals surface area contributed by atoms with Gasteiger partial charge < -0.3 is 10.1 Å². The lowest BCUT2D eigenvalue weighted by molar-refractivity contribution is -0.132. The zero-order chi connectivity index (χ0) is 14.5. The van der Waals surface area contributed by atoms with Crippen LogP contribution < -0.4 is 5.32 Å². The third-order valence-electron chi connectivity index (χ3n) is 3.62. The zero-order valence-corrected chi connectivity index (χ0v) is 13.2. The van der Waals surface area contributed by atoms with Crippen molar-refractivity contribution >= 4 is 17.7 Å². The standard InChI is InChI=1S/C16H23NO2S/c1-11(14-6-8-15(20-3)9-7-14)17-16(18)12(2)19-10-13-4-5-13/h6-9,11-13H,4-5,10H2,1-3H3,(H,17,18)/t11-,12-/m1/s1. The summed E-state index contributed by atoms with van der Waals surface area (Å²) in [6.07, 6.45) is 4.17. The second-order valence-electron chi connectivity index (χ2n) is 5.42. The van der Waals surface area contributed by atoms with Crippen LogP contribution in [0.25, 0.3) is 0 Å². The lowest BCUT2D eigenvalue weighted by Crippen LogP contribution is -2.36. The maximum atomic E-state index is 12.0. The predicted octanol–water partition coefficient (Wildman–Crippen LogP) is 3.40. The molecule has 2 rings (SSSR count). The van der Waals surface area contributed by atoms with Crippen molar-refractivity contribution in [1.29, 1.82) is 0 Å². The molecule has 20 heavy (non-hydrogen) atoms. The van der Waals surface area contributed by atoms with Gasteiger partial charge in [-0.3, -0.25) is 4.79 Å². The summed E-state index contributed by atoms with van der Waals surface area (Å²) in [5.41, 5.74) is 1.12. The molecule has 4 heteroatoms. The zero-order valence-electron chi connectivity index (χ0n) is 12.4. The molecular weight excluding hydrogens is 270 g/mol. The lowest BCUT2D eigenvalue weighted by atomic mass is 10.1. The van der Waals surface area contributed by atoms with Gasteiger partial charge in [0.1, 0.15) is 6.10 Å². The summed E-state index contributed by atoms with van der Waals surface area (Å²) in [7, 11) is 0. The number of ether oxygens (including phenoxy) is 1. The van der Waals surface area contributed by atoms with Crippen molar-refractivity contribution in [3.63, 3.8) is 0 Å². The van der Waals surface area contributed by atoms with Crippen LogP contribution in [0.1, 0.15) is 38.3 Å². The summed E-state index contributed by atoms with van der Waals surface area (Å²) in [5.74, 6) is 0.647. The first-order chi connectivity index (χ1) is 9.60. The second kappa shape index (κ2) is 7.14. The molecule has 0 aliphatic heterocycles. The lowest BCUT2D eigenvalue weighted by Gasteiger charge is -2.18. The number of carbonyl (C=O) groups excluding carboxylic acids is 1. The van der Waals surface area contributed by atoms with Crippen LogP contribution in [0.15, 0.2) is 29.2 Å². The summed E-state index contributed by atoms with van der Waals surface area (Å²) in [6.45, 7) is 4.53. The van der Waals surface area contributed by atoms with E-state index in [2.05, 4.69) is 35.8 Å². The van der Waals surface area contributed by atoms with Gasteiger partial charge in [0.15, 0.2) is 0 Å². The van der Waals surface area contributed by atoms with Crippen LogP contribution in [0.3, 0.4) is 0 Å². The number of carbonyl (C=O) groups is 1. The SMILES string of the molecule is CSc1ccc([C@@H](C)NC(=O)[C@@H](C)OCC2CC2)cc1. The minimum atomic E-state index is -0.372. The Labute approximate surface area is 125 Å². The first-order valence-electron chi connectivity index (χ1n) is 7.16. The van der Waals surface area contributed by atoms with Gasteiger partial charge in [0.2, 0.25) is 5.91 Å². The van der Waals surface area contributed by atoms with E-state index in [1.807, 2.05) is 13.8 Å². The average Bonchev–Trinajstić information content (AvgIpc) is 3.28. The van der Waals surface area contributed by atoms with Crippen LogP contribution in [-0.4, -0.2) is 24.9 Å². The maximum Gasteiger partial charge on any atom is 0.249 e. The third kappa shape index (κ3) is 4.53. The number of amides is 1. The van der Waals surface area contributed by atoms with Gasteiger partial charge in [-0.05, 0) is 56.6 Å². The highest BCUT2D eigenvalue weighted by Gasteiger charge is 2.24. The van der Waals surface area contributed by atoms with E-state index in [9.17, 15) is 4.79 Å². The van der Waals surface area contributed by atoms with Crippen LogP contribution >= 0.6 is 11.8 Å². The predicted molar refractivity (Wildman–Crippen MR) is 82.9 cm³/mol. The van der Waals surface area contributed by atoms with Gasteiger partial charge in [-0.2, -0.15) is 0 Å². The molecule has 110 valence electrons. The first kappa shape index (κ1) is 15.4. The van der Waals surface area contributed by atoms with E-state index in [4.69, 9.17) is 4.74 Å². The topological polar surface area (TPSA) is 38.3 Å². The van der Waals surface area contributed by atoms with Crippen LogP contribution in [0, 0.1) is 5.92 Å². The molecule has 3 nitrogen and oxygen atoms in total. The molecule has 0 spiro atoms. The fourth-order valence-electron chi connectivity index (χ4n) is 1.95. The maximum absolute atomic E-state index is 12.0. The fourth-order valence-corrected chi connectivity index (χ4v) is 2.36. The van der Waals surface area contributed by atoms with E-state index in [-0.39, 0.29) is 18.1 Å². The Morgan fingerprint density at radius 1 is 1.35 bits per heavy atom. The van der Waals surface area contributed by atoms with Gasteiger partial charge in [0, 0.05) is 4.90 Å². The van der Waals surface area contributed by atoms with Gasteiger partial charge in [-0.15, -0.1) is 11.8 Å². The first-order valence-corrected chi connectivity index (χ1v) is 8.38. The minimum absolute atomic E-state index is 0.00498. The van der Waals surface area contributed by atoms with Crippen LogP contribution in [0.5, 0.6) is 0 Å². The van der Waals surface area contributed by atoms with Crippen molar-refractivity contribution < 1.29 is 9.53 Å². The summed E-state index contributed by atoms with van der Waals surface area (Å²) < 4.78 is 5.59.